The number of carbonyl (C=O) groups is 1. The Kier molecular flexibility index (Phi) is 3.97. The van der Waals surface area contributed by atoms with E-state index in [-0.39, 0.29) is 5.91 Å². The number of aryl methyl sites for hydroxylation is 1. The van der Waals surface area contributed by atoms with Gasteiger partial charge in [-0.1, -0.05) is 24.3 Å². The number of rotatable bonds is 4. The summed E-state index contributed by atoms with van der Waals surface area (Å²) in [6, 6.07) is 7.87. The van der Waals surface area contributed by atoms with Crippen molar-refractivity contribution >= 4 is 5.91 Å². The summed E-state index contributed by atoms with van der Waals surface area (Å²) in [7, 11) is 3.61. The molecule has 2 aromatic rings. The Balaban J connectivity index is 2.12. The molecule has 19 heavy (non-hydrogen) atoms. The molecule has 0 bridgehead atoms. The first kappa shape index (κ1) is 13.3. The van der Waals surface area contributed by atoms with Crippen LogP contribution in [0.5, 0.6) is 0 Å². The monoisotopic (exact) mass is 258 g/mol. The quantitative estimate of drug-likeness (QED) is 0.894. The number of nitrogens with zero attached hydrogens (tertiary/aromatic N) is 3. The van der Waals surface area contributed by atoms with Crippen LogP contribution in [0.4, 0.5) is 0 Å². The third kappa shape index (κ3) is 3.00. The summed E-state index contributed by atoms with van der Waals surface area (Å²) in [5, 5.41) is 0. The SMILES string of the molecule is CN(Cc1ccccc1CN)C(=O)c1cn(C)cn1. The predicted octanol–water partition coefficient (Wildman–Crippen LogP) is 1.15. The van der Waals surface area contributed by atoms with Gasteiger partial charge in [0.15, 0.2) is 0 Å². The lowest BCUT2D eigenvalue weighted by atomic mass is 10.1. The molecule has 2 rings (SSSR count). The van der Waals surface area contributed by atoms with E-state index < -0.39 is 0 Å². The van der Waals surface area contributed by atoms with Gasteiger partial charge >= 0.3 is 0 Å². The first-order valence-corrected chi connectivity index (χ1v) is 6.12. The zero-order chi connectivity index (χ0) is 13.8. The zero-order valence-corrected chi connectivity index (χ0v) is 11.2. The summed E-state index contributed by atoms with van der Waals surface area (Å²) in [6.07, 6.45) is 3.34. The first-order valence-electron chi connectivity index (χ1n) is 6.12. The standard InChI is InChI=1S/C14H18N4O/c1-17-9-13(16-10-17)14(19)18(2)8-12-6-4-3-5-11(12)7-15/h3-6,9-10H,7-8,15H2,1-2H3. The van der Waals surface area contributed by atoms with Crippen molar-refractivity contribution in [2.75, 3.05) is 7.05 Å². The molecule has 100 valence electrons. The van der Waals surface area contributed by atoms with E-state index in [0.717, 1.165) is 11.1 Å². The van der Waals surface area contributed by atoms with Gasteiger partial charge in [-0.25, -0.2) is 4.98 Å². The average molecular weight is 258 g/mol. The van der Waals surface area contributed by atoms with Gasteiger partial charge in [0.25, 0.3) is 5.91 Å². The second-order valence-corrected chi connectivity index (χ2v) is 4.56. The number of carbonyl (C=O) groups excluding carboxylic acids is 1. The van der Waals surface area contributed by atoms with Gasteiger partial charge in [-0.15, -0.1) is 0 Å². The van der Waals surface area contributed by atoms with E-state index in [2.05, 4.69) is 4.98 Å². The Morgan fingerprint density at radius 3 is 2.63 bits per heavy atom. The van der Waals surface area contributed by atoms with Crippen molar-refractivity contribution in [3.8, 4) is 0 Å². The molecular formula is C14H18N4O. The zero-order valence-electron chi connectivity index (χ0n) is 11.2. The van der Waals surface area contributed by atoms with E-state index in [1.54, 1.807) is 29.0 Å². The van der Waals surface area contributed by atoms with Gasteiger partial charge in [-0.2, -0.15) is 0 Å². The second kappa shape index (κ2) is 5.67. The van der Waals surface area contributed by atoms with Crippen LogP contribution in [0, 0.1) is 0 Å². The summed E-state index contributed by atoms with van der Waals surface area (Å²) in [6.45, 7) is 1.00. The largest absolute Gasteiger partial charge is 0.340 e. The van der Waals surface area contributed by atoms with Crippen molar-refractivity contribution in [1.29, 1.82) is 0 Å². The van der Waals surface area contributed by atoms with Crippen LogP contribution in [0.2, 0.25) is 0 Å². The molecule has 5 heteroatoms. The number of nitrogens with two attached hydrogens (primary N) is 1. The van der Waals surface area contributed by atoms with Gasteiger partial charge in [0.1, 0.15) is 5.69 Å². The molecule has 2 N–H and O–H groups in total. The lowest BCUT2D eigenvalue weighted by molar-refractivity contribution is 0.0779. The van der Waals surface area contributed by atoms with Crippen molar-refractivity contribution in [2.45, 2.75) is 13.1 Å². The molecule has 0 aliphatic rings. The molecule has 1 aromatic heterocycles. The number of aromatic nitrogens is 2. The van der Waals surface area contributed by atoms with E-state index in [0.29, 0.717) is 18.8 Å². The van der Waals surface area contributed by atoms with E-state index in [1.165, 1.54) is 0 Å². The predicted molar refractivity (Wildman–Crippen MR) is 73.3 cm³/mol. The molecule has 0 spiro atoms. The number of hydrogen-bond donors (Lipinski definition) is 1. The topological polar surface area (TPSA) is 64.2 Å². The molecule has 0 fully saturated rings. The molecule has 1 amide bonds. The highest BCUT2D eigenvalue weighted by molar-refractivity contribution is 5.91. The summed E-state index contributed by atoms with van der Waals surface area (Å²) in [5.74, 6) is -0.0903. The summed E-state index contributed by atoms with van der Waals surface area (Å²) < 4.78 is 1.76. The van der Waals surface area contributed by atoms with Crippen LogP contribution in [-0.4, -0.2) is 27.4 Å². The second-order valence-electron chi connectivity index (χ2n) is 4.56. The van der Waals surface area contributed by atoms with Crippen LogP contribution in [-0.2, 0) is 20.1 Å². The molecule has 0 saturated heterocycles. The molecular weight excluding hydrogens is 240 g/mol. The molecule has 0 atom stereocenters. The van der Waals surface area contributed by atoms with Gasteiger partial charge in [0.2, 0.25) is 0 Å². The molecule has 0 aliphatic carbocycles. The number of benzene rings is 1. The number of imidazole rings is 1. The number of amides is 1. The normalized spacial score (nSPS) is 10.5. The molecule has 0 unspecified atom stereocenters. The van der Waals surface area contributed by atoms with Gasteiger partial charge in [0, 0.05) is 33.4 Å². The summed E-state index contributed by atoms with van der Waals surface area (Å²) >= 11 is 0. The molecule has 0 saturated carbocycles. The summed E-state index contributed by atoms with van der Waals surface area (Å²) in [4.78, 5) is 17.9. The van der Waals surface area contributed by atoms with Crippen LogP contribution in [0.3, 0.4) is 0 Å². The van der Waals surface area contributed by atoms with E-state index in [4.69, 9.17) is 5.73 Å². The maximum absolute atomic E-state index is 12.2. The van der Waals surface area contributed by atoms with Crippen molar-refractivity contribution in [3.63, 3.8) is 0 Å². The van der Waals surface area contributed by atoms with E-state index in [1.807, 2.05) is 31.3 Å². The Morgan fingerprint density at radius 2 is 2.05 bits per heavy atom. The van der Waals surface area contributed by atoms with Crippen LogP contribution in [0.15, 0.2) is 36.8 Å². The summed E-state index contributed by atoms with van der Waals surface area (Å²) in [5.41, 5.74) is 8.28. The Bertz CT molecular complexity index is 576. The maximum atomic E-state index is 12.2. The average Bonchev–Trinajstić information content (AvgIpc) is 2.85. The molecule has 1 heterocycles. The van der Waals surface area contributed by atoms with Crippen LogP contribution >= 0.6 is 0 Å². The lowest BCUT2D eigenvalue weighted by Gasteiger charge is -2.17. The minimum absolute atomic E-state index is 0.0903. The van der Waals surface area contributed by atoms with Gasteiger partial charge in [-0.3, -0.25) is 4.79 Å². The van der Waals surface area contributed by atoms with Gasteiger partial charge in [-0.05, 0) is 11.1 Å². The van der Waals surface area contributed by atoms with Crippen LogP contribution in [0.25, 0.3) is 0 Å². The molecule has 5 nitrogen and oxygen atoms in total. The third-order valence-electron chi connectivity index (χ3n) is 3.02. The third-order valence-corrected chi connectivity index (χ3v) is 3.02. The Morgan fingerprint density at radius 1 is 1.37 bits per heavy atom. The highest BCUT2D eigenvalue weighted by Crippen LogP contribution is 2.12. The van der Waals surface area contributed by atoms with Crippen molar-refractivity contribution in [3.05, 3.63) is 53.6 Å². The Labute approximate surface area is 112 Å². The van der Waals surface area contributed by atoms with Crippen molar-refractivity contribution < 1.29 is 4.79 Å². The van der Waals surface area contributed by atoms with Crippen molar-refractivity contribution in [2.24, 2.45) is 12.8 Å². The lowest BCUT2D eigenvalue weighted by Crippen LogP contribution is -2.27. The first-order chi connectivity index (χ1) is 9.11. The maximum Gasteiger partial charge on any atom is 0.274 e. The van der Waals surface area contributed by atoms with Crippen LogP contribution < -0.4 is 5.73 Å². The van der Waals surface area contributed by atoms with E-state index in [9.17, 15) is 4.79 Å². The molecule has 1 aromatic carbocycles. The minimum atomic E-state index is -0.0903. The van der Waals surface area contributed by atoms with Gasteiger partial charge in [0.05, 0.1) is 6.33 Å². The fraction of sp³-hybridized carbons (Fsp3) is 0.286. The fourth-order valence-corrected chi connectivity index (χ4v) is 1.96. The molecule has 0 radical (unpaired) electrons. The van der Waals surface area contributed by atoms with Crippen LogP contribution in [0.1, 0.15) is 21.6 Å². The highest BCUT2D eigenvalue weighted by Gasteiger charge is 2.15. The fourth-order valence-electron chi connectivity index (χ4n) is 1.96. The van der Waals surface area contributed by atoms with Crippen molar-refractivity contribution in [1.82, 2.24) is 14.5 Å². The Hall–Kier alpha value is -2.14. The minimum Gasteiger partial charge on any atom is -0.340 e. The van der Waals surface area contributed by atoms with E-state index >= 15 is 0 Å². The molecule has 0 aliphatic heterocycles. The smallest absolute Gasteiger partial charge is 0.274 e. The van der Waals surface area contributed by atoms with Gasteiger partial charge < -0.3 is 15.2 Å². The number of hydrogen-bond acceptors (Lipinski definition) is 3. The highest BCUT2D eigenvalue weighted by atomic mass is 16.2.